The number of halogens is 1. The molecule has 2 N–H and O–H groups in total. The third-order valence-corrected chi connectivity index (χ3v) is 3.94. The number of H-pyrrole nitrogens is 1. The van der Waals surface area contributed by atoms with Crippen molar-refractivity contribution in [2.45, 2.75) is 24.1 Å². The smallest absolute Gasteiger partial charge is 0.273 e. The number of alkyl halides is 1. The summed E-state index contributed by atoms with van der Waals surface area (Å²) in [5.74, 6) is 0.385. The minimum Gasteiger partial charge on any atom is -0.350 e. The van der Waals surface area contributed by atoms with Crippen molar-refractivity contribution in [3.8, 4) is 0 Å². The second kappa shape index (κ2) is 4.74. The second-order valence-corrected chi connectivity index (χ2v) is 4.95. The summed E-state index contributed by atoms with van der Waals surface area (Å²) >= 11 is 3.62. The van der Waals surface area contributed by atoms with Crippen LogP contribution in [0.5, 0.6) is 0 Å². The minimum absolute atomic E-state index is 0.157. The van der Waals surface area contributed by atoms with Gasteiger partial charge in [-0.15, -0.1) is 0 Å². The summed E-state index contributed by atoms with van der Waals surface area (Å²) in [6.45, 7) is 0.710. The van der Waals surface area contributed by atoms with Gasteiger partial charge in [-0.25, -0.2) is 0 Å². The molecule has 2 atom stereocenters. The highest BCUT2D eigenvalue weighted by molar-refractivity contribution is 9.09. The van der Waals surface area contributed by atoms with Crippen LogP contribution >= 0.6 is 15.9 Å². The zero-order valence-electron chi connectivity index (χ0n) is 8.24. The van der Waals surface area contributed by atoms with Crippen LogP contribution < -0.4 is 5.32 Å². The molecular formula is C9H13BrN4O. The molecule has 15 heavy (non-hydrogen) atoms. The predicted molar refractivity (Wildman–Crippen MR) is 58.8 cm³/mol. The van der Waals surface area contributed by atoms with E-state index in [9.17, 15) is 4.79 Å². The van der Waals surface area contributed by atoms with Crippen molar-refractivity contribution in [1.82, 2.24) is 20.7 Å². The lowest BCUT2D eigenvalue weighted by atomic mass is 10.1. The number of aromatic amines is 1. The third-order valence-electron chi connectivity index (χ3n) is 2.74. The molecule has 1 amide bonds. The quantitative estimate of drug-likeness (QED) is 0.810. The van der Waals surface area contributed by atoms with Gasteiger partial charge in [0, 0.05) is 11.4 Å². The number of carbonyl (C=O) groups is 1. The summed E-state index contributed by atoms with van der Waals surface area (Å²) in [6, 6.07) is 0. The first kappa shape index (κ1) is 10.6. The molecule has 1 aromatic heterocycles. The van der Waals surface area contributed by atoms with Crippen LogP contribution in [0.3, 0.4) is 0 Å². The Bertz CT molecular complexity index is 327. The molecule has 1 aliphatic rings. The van der Waals surface area contributed by atoms with Crippen molar-refractivity contribution in [3.05, 3.63) is 11.9 Å². The minimum atomic E-state index is -0.157. The number of hydrogen-bond donors (Lipinski definition) is 2. The molecule has 0 aliphatic heterocycles. The normalized spacial score (nSPS) is 25.4. The van der Waals surface area contributed by atoms with Gasteiger partial charge in [0.15, 0.2) is 5.69 Å². The second-order valence-electron chi connectivity index (χ2n) is 3.77. The monoisotopic (exact) mass is 272 g/mol. The molecule has 0 bridgehead atoms. The van der Waals surface area contributed by atoms with E-state index in [1.54, 1.807) is 0 Å². The van der Waals surface area contributed by atoms with Crippen molar-refractivity contribution < 1.29 is 4.79 Å². The van der Waals surface area contributed by atoms with Gasteiger partial charge in [-0.1, -0.05) is 22.4 Å². The van der Waals surface area contributed by atoms with E-state index in [0.717, 1.165) is 0 Å². The number of amides is 1. The maximum absolute atomic E-state index is 11.5. The lowest BCUT2D eigenvalue weighted by molar-refractivity contribution is 0.0943. The Morgan fingerprint density at radius 2 is 2.53 bits per heavy atom. The molecule has 1 saturated carbocycles. The van der Waals surface area contributed by atoms with Crippen molar-refractivity contribution in [2.75, 3.05) is 6.54 Å². The lowest BCUT2D eigenvalue weighted by Gasteiger charge is -2.13. The number of nitrogens with one attached hydrogen (secondary N) is 2. The first-order valence-electron chi connectivity index (χ1n) is 5.05. The number of aromatic nitrogens is 3. The van der Waals surface area contributed by atoms with Crippen LogP contribution in [-0.4, -0.2) is 32.7 Å². The SMILES string of the molecule is O=C(NCC1CCCC1Br)c1cn[nH]n1. The van der Waals surface area contributed by atoms with Gasteiger partial charge in [-0.05, 0) is 18.8 Å². The Kier molecular flexibility index (Phi) is 3.35. The van der Waals surface area contributed by atoms with Crippen molar-refractivity contribution in [1.29, 1.82) is 0 Å². The fourth-order valence-corrected chi connectivity index (χ4v) is 2.62. The number of carbonyl (C=O) groups excluding carboxylic acids is 1. The molecule has 1 heterocycles. The summed E-state index contributed by atoms with van der Waals surface area (Å²) < 4.78 is 0. The maximum atomic E-state index is 11.5. The molecule has 5 nitrogen and oxygen atoms in total. The number of nitrogens with zero attached hydrogens (tertiary/aromatic N) is 2. The van der Waals surface area contributed by atoms with Gasteiger partial charge in [0.05, 0.1) is 6.20 Å². The summed E-state index contributed by atoms with van der Waals surface area (Å²) in [5.41, 5.74) is 0.346. The van der Waals surface area contributed by atoms with Gasteiger partial charge >= 0.3 is 0 Å². The molecular weight excluding hydrogens is 260 g/mol. The van der Waals surface area contributed by atoms with Gasteiger partial charge in [0.25, 0.3) is 5.91 Å². The van der Waals surface area contributed by atoms with Crippen LogP contribution in [0.25, 0.3) is 0 Å². The average Bonchev–Trinajstić information content (AvgIpc) is 2.85. The molecule has 1 fully saturated rings. The Labute approximate surface area is 96.1 Å². The van der Waals surface area contributed by atoms with E-state index in [4.69, 9.17) is 0 Å². The standard InChI is InChI=1S/C9H13BrN4O/c10-7-3-1-2-6(7)4-11-9(15)8-5-12-14-13-8/h5-7H,1-4H2,(H,11,15)(H,12,13,14). The van der Waals surface area contributed by atoms with Crippen LogP contribution in [0.4, 0.5) is 0 Å². The van der Waals surface area contributed by atoms with Crippen molar-refractivity contribution in [3.63, 3.8) is 0 Å². The maximum Gasteiger partial charge on any atom is 0.273 e. The van der Waals surface area contributed by atoms with Gasteiger partial charge in [0.1, 0.15) is 0 Å². The third kappa shape index (κ3) is 2.56. The Balaban J connectivity index is 1.81. The number of hydrogen-bond acceptors (Lipinski definition) is 3. The van der Waals surface area contributed by atoms with Gasteiger partial charge < -0.3 is 5.32 Å². The molecule has 0 aromatic carbocycles. The van der Waals surface area contributed by atoms with Crippen LogP contribution in [0.15, 0.2) is 6.20 Å². The van der Waals surface area contributed by atoms with Crippen molar-refractivity contribution >= 4 is 21.8 Å². The van der Waals surface area contributed by atoms with E-state index in [1.807, 2.05) is 0 Å². The first-order chi connectivity index (χ1) is 7.27. The van der Waals surface area contributed by atoms with Gasteiger partial charge in [-0.2, -0.15) is 15.4 Å². The summed E-state index contributed by atoms with van der Waals surface area (Å²) in [4.78, 5) is 12.1. The van der Waals surface area contributed by atoms with Crippen molar-refractivity contribution in [2.24, 2.45) is 5.92 Å². The van der Waals surface area contributed by atoms with E-state index in [1.165, 1.54) is 25.5 Å². The fourth-order valence-electron chi connectivity index (χ4n) is 1.85. The molecule has 6 heteroatoms. The molecule has 0 radical (unpaired) electrons. The molecule has 0 spiro atoms. The van der Waals surface area contributed by atoms with Gasteiger partial charge in [-0.3, -0.25) is 4.79 Å². The van der Waals surface area contributed by atoms with Crippen LogP contribution in [0, 0.1) is 5.92 Å². The predicted octanol–water partition coefficient (Wildman–Crippen LogP) is 1.10. The van der Waals surface area contributed by atoms with E-state index < -0.39 is 0 Å². The summed E-state index contributed by atoms with van der Waals surface area (Å²) in [5, 5.41) is 12.6. The first-order valence-corrected chi connectivity index (χ1v) is 5.97. The van der Waals surface area contributed by atoms with Crippen LogP contribution in [0.1, 0.15) is 29.8 Å². The highest BCUT2D eigenvalue weighted by atomic mass is 79.9. The molecule has 1 aliphatic carbocycles. The largest absolute Gasteiger partial charge is 0.350 e. The molecule has 2 rings (SSSR count). The van der Waals surface area contributed by atoms with Gasteiger partial charge in [0.2, 0.25) is 0 Å². The molecule has 2 unspecified atom stereocenters. The molecule has 0 saturated heterocycles. The highest BCUT2D eigenvalue weighted by Gasteiger charge is 2.25. The Hall–Kier alpha value is -0.910. The summed E-state index contributed by atoms with van der Waals surface area (Å²) in [6.07, 6.45) is 5.04. The van der Waals surface area contributed by atoms with E-state index in [0.29, 0.717) is 23.0 Å². The zero-order valence-corrected chi connectivity index (χ0v) is 9.83. The van der Waals surface area contributed by atoms with Crippen LogP contribution in [-0.2, 0) is 0 Å². The molecule has 1 aromatic rings. The Morgan fingerprint density at radius 3 is 3.13 bits per heavy atom. The highest BCUT2D eigenvalue weighted by Crippen LogP contribution is 2.30. The Morgan fingerprint density at radius 1 is 1.67 bits per heavy atom. The van der Waals surface area contributed by atoms with E-state index >= 15 is 0 Å². The summed E-state index contributed by atoms with van der Waals surface area (Å²) in [7, 11) is 0. The topological polar surface area (TPSA) is 70.7 Å². The van der Waals surface area contributed by atoms with Crippen LogP contribution in [0.2, 0.25) is 0 Å². The lowest BCUT2D eigenvalue weighted by Crippen LogP contribution is -2.31. The molecule has 82 valence electrons. The number of rotatable bonds is 3. The van der Waals surface area contributed by atoms with E-state index in [-0.39, 0.29) is 5.91 Å². The average molecular weight is 273 g/mol. The van der Waals surface area contributed by atoms with E-state index in [2.05, 4.69) is 36.7 Å². The zero-order chi connectivity index (χ0) is 10.7. The fraction of sp³-hybridized carbons (Fsp3) is 0.667.